The number of aromatic nitrogens is 1. The van der Waals surface area contributed by atoms with Crippen molar-refractivity contribution in [1.82, 2.24) is 4.98 Å². The molecule has 0 aliphatic heterocycles. The van der Waals surface area contributed by atoms with Gasteiger partial charge in [-0.1, -0.05) is 6.92 Å². The molecule has 1 heterocycles. The maximum absolute atomic E-state index is 12.8. The van der Waals surface area contributed by atoms with Gasteiger partial charge in [-0.3, -0.25) is 0 Å². The Morgan fingerprint density at radius 1 is 1.50 bits per heavy atom. The molecule has 0 bridgehead atoms. The first-order chi connectivity index (χ1) is 6.77. The third-order valence-corrected chi connectivity index (χ3v) is 1.94. The van der Waals surface area contributed by atoms with Gasteiger partial charge in [-0.05, 0) is 12.5 Å². The molecule has 1 aromatic rings. The van der Waals surface area contributed by atoms with E-state index in [0.717, 1.165) is 18.7 Å². The van der Waals surface area contributed by atoms with E-state index in [0.29, 0.717) is 6.54 Å². The molecule has 0 aromatic carbocycles. The lowest BCUT2D eigenvalue weighted by atomic mass is 10.3. The minimum atomic E-state index is -0.485. The van der Waals surface area contributed by atoms with Crippen molar-refractivity contribution in [3.63, 3.8) is 0 Å². The van der Waals surface area contributed by atoms with Crippen LogP contribution in [-0.4, -0.2) is 29.8 Å². The van der Waals surface area contributed by atoms with Crippen molar-refractivity contribution in [2.24, 2.45) is 0 Å². The fourth-order valence-electron chi connectivity index (χ4n) is 1.35. The summed E-state index contributed by atoms with van der Waals surface area (Å²) in [6.45, 7) is 3.45. The highest BCUT2D eigenvalue weighted by Crippen LogP contribution is 2.13. The Labute approximate surface area is 83.2 Å². The Balaban J connectivity index is 2.75. The summed E-state index contributed by atoms with van der Waals surface area (Å²) < 4.78 is 12.8. The van der Waals surface area contributed by atoms with Crippen LogP contribution in [-0.2, 0) is 0 Å². The topological polar surface area (TPSA) is 36.4 Å². The molecule has 0 unspecified atom stereocenters. The third-order valence-electron chi connectivity index (χ3n) is 1.94. The SMILES string of the molecule is CCCN(CCO)c1ccnc(F)c1. The normalized spacial score (nSPS) is 10.2. The van der Waals surface area contributed by atoms with Gasteiger partial charge < -0.3 is 10.0 Å². The fourth-order valence-corrected chi connectivity index (χ4v) is 1.35. The summed E-state index contributed by atoms with van der Waals surface area (Å²) in [4.78, 5) is 5.42. The zero-order valence-corrected chi connectivity index (χ0v) is 8.28. The van der Waals surface area contributed by atoms with Gasteiger partial charge in [0.05, 0.1) is 6.61 Å². The second-order valence-corrected chi connectivity index (χ2v) is 3.05. The van der Waals surface area contributed by atoms with E-state index >= 15 is 0 Å². The van der Waals surface area contributed by atoms with Crippen LogP contribution in [0, 0.1) is 5.95 Å². The van der Waals surface area contributed by atoms with Gasteiger partial charge in [0.2, 0.25) is 5.95 Å². The van der Waals surface area contributed by atoms with Gasteiger partial charge in [-0.2, -0.15) is 4.39 Å². The lowest BCUT2D eigenvalue weighted by molar-refractivity contribution is 0.301. The highest BCUT2D eigenvalue weighted by atomic mass is 19.1. The third kappa shape index (κ3) is 2.96. The standard InChI is InChI=1S/C10H15FN2O/c1-2-5-13(6-7-14)9-3-4-12-10(11)8-9/h3-4,8,14H,2,5-7H2,1H3. The highest BCUT2D eigenvalue weighted by molar-refractivity contribution is 5.44. The molecule has 0 amide bonds. The van der Waals surface area contributed by atoms with Crippen LogP contribution in [0.3, 0.4) is 0 Å². The van der Waals surface area contributed by atoms with Gasteiger partial charge in [-0.25, -0.2) is 4.98 Å². The number of hydrogen-bond acceptors (Lipinski definition) is 3. The number of rotatable bonds is 5. The maximum atomic E-state index is 12.8. The molecule has 1 rings (SSSR count). The second-order valence-electron chi connectivity index (χ2n) is 3.05. The summed E-state index contributed by atoms with van der Waals surface area (Å²) in [5.41, 5.74) is 0.772. The maximum Gasteiger partial charge on any atom is 0.214 e. The molecule has 4 heteroatoms. The quantitative estimate of drug-likeness (QED) is 0.727. The monoisotopic (exact) mass is 198 g/mol. The van der Waals surface area contributed by atoms with E-state index in [4.69, 9.17) is 5.11 Å². The number of aliphatic hydroxyl groups excluding tert-OH is 1. The molecule has 0 aliphatic carbocycles. The predicted molar refractivity (Wildman–Crippen MR) is 53.8 cm³/mol. The van der Waals surface area contributed by atoms with E-state index < -0.39 is 5.95 Å². The van der Waals surface area contributed by atoms with E-state index in [1.807, 2.05) is 11.8 Å². The molecule has 0 spiro atoms. The first-order valence-corrected chi connectivity index (χ1v) is 4.75. The molecular formula is C10H15FN2O. The van der Waals surface area contributed by atoms with E-state index in [-0.39, 0.29) is 6.61 Å². The Kier molecular flexibility index (Phi) is 4.32. The molecule has 3 nitrogen and oxygen atoms in total. The number of nitrogens with zero attached hydrogens (tertiary/aromatic N) is 2. The number of hydrogen-bond donors (Lipinski definition) is 1. The minimum absolute atomic E-state index is 0.0734. The number of pyridine rings is 1. The first kappa shape index (κ1) is 10.9. The van der Waals surface area contributed by atoms with Gasteiger partial charge >= 0.3 is 0 Å². The first-order valence-electron chi connectivity index (χ1n) is 4.75. The van der Waals surface area contributed by atoms with E-state index in [2.05, 4.69) is 4.98 Å². The van der Waals surface area contributed by atoms with Crippen molar-refractivity contribution in [3.8, 4) is 0 Å². The summed E-state index contributed by atoms with van der Waals surface area (Å²) >= 11 is 0. The van der Waals surface area contributed by atoms with Crippen molar-refractivity contribution in [3.05, 3.63) is 24.3 Å². The summed E-state index contributed by atoms with van der Waals surface area (Å²) in [5, 5.41) is 8.84. The summed E-state index contributed by atoms with van der Waals surface area (Å²) in [6, 6.07) is 3.12. The predicted octanol–water partition coefficient (Wildman–Crippen LogP) is 1.43. The van der Waals surface area contributed by atoms with Crippen LogP contribution in [0.25, 0.3) is 0 Å². The zero-order chi connectivity index (χ0) is 10.4. The minimum Gasteiger partial charge on any atom is -0.395 e. The van der Waals surface area contributed by atoms with Crippen molar-refractivity contribution >= 4 is 5.69 Å². The molecule has 14 heavy (non-hydrogen) atoms. The molecule has 1 N–H and O–H groups in total. The Hall–Kier alpha value is -1.16. The molecule has 0 atom stereocenters. The Morgan fingerprint density at radius 2 is 2.29 bits per heavy atom. The highest BCUT2D eigenvalue weighted by Gasteiger charge is 2.05. The molecule has 0 radical (unpaired) electrons. The Bertz CT molecular complexity index is 275. The van der Waals surface area contributed by atoms with Crippen molar-refractivity contribution in [1.29, 1.82) is 0 Å². The van der Waals surface area contributed by atoms with E-state index in [1.54, 1.807) is 6.07 Å². The smallest absolute Gasteiger partial charge is 0.214 e. The van der Waals surface area contributed by atoms with Gasteiger partial charge in [0.1, 0.15) is 0 Å². The van der Waals surface area contributed by atoms with Gasteiger partial charge in [-0.15, -0.1) is 0 Å². The van der Waals surface area contributed by atoms with Crippen molar-refractivity contribution in [2.45, 2.75) is 13.3 Å². The molecular weight excluding hydrogens is 183 g/mol. The van der Waals surface area contributed by atoms with Crippen molar-refractivity contribution in [2.75, 3.05) is 24.6 Å². The number of halogens is 1. The summed E-state index contributed by atoms with van der Waals surface area (Å²) in [5.74, 6) is -0.485. The average molecular weight is 198 g/mol. The molecule has 0 fully saturated rings. The van der Waals surface area contributed by atoms with Gasteiger partial charge in [0, 0.05) is 31.0 Å². The molecule has 78 valence electrons. The van der Waals surface area contributed by atoms with E-state index in [9.17, 15) is 4.39 Å². The van der Waals surface area contributed by atoms with Gasteiger partial charge in [0.15, 0.2) is 0 Å². The molecule has 0 saturated heterocycles. The molecule has 1 aromatic heterocycles. The van der Waals surface area contributed by atoms with Crippen LogP contribution in [0.1, 0.15) is 13.3 Å². The van der Waals surface area contributed by atoms with Gasteiger partial charge in [0.25, 0.3) is 0 Å². The molecule has 0 saturated carbocycles. The number of aliphatic hydroxyl groups is 1. The van der Waals surface area contributed by atoms with Crippen molar-refractivity contribution < 1.29 is 9.50 Å². The largest absolute Gasteiger partial charge is 0.395 e. The number of anilines is 1. The fraction of sp³-hybridized carbons (Fsp3) is 0.500. The molecule has 0 aliphatic rings. The second kappa shape index (κ2) is 5.54. The van der Waals surface area contributed by atoms with Crippen LogP contribution < -0.4 is 4.90 Å². The summed E-state index contributed by atoms with van der Waals surface area (Å²) in [6.07, 6.45) is 2.40. The van der Waals surface area contributed by atoms with Crippen LogP contribution in [0.5, 0.6) is 0 Å². The van der Waals surface area contributed by atoms with Crippen LogP contribution in [0.2, 0.25) is 0 Å². The van der Waals surface area contributed by atoms with Crippen LogP contribution in [0.15, 0.2) is 18.3 Å². The summed E-state index contributed by atoms with van der Waals surface area (Å²) in [7, 11) is 0. The van der Waals surface area contributed by atoms with Crippen LogP contribution >= 0.6 is 0 Å². The average Bonchev–Trinajstić information content (AvgIpc) is 2.17. The lowest BCUT2D eigenvalue weighted by Crippen LogP contribution is -2.27. The zero-order valence-electron chi connectivity index (χ0n) is 8.28. The Morgan fingerprint density at radius 3 is 2.86 bits per heavy atom. The van der Waals surface area contributed by atoms with Crippen LogP contribution in [0.4, 0.5) is 10.1 Å². The lowest BCUT2D eigenvalue weighted by Gasteiger charge is -2.22. The van der Waals surface area contributed by atoms with E-state index in [1.165, 1.54) is 12.3 Å².